The number of hydrogen-bond donors (Lipinski definition) is 3. The van der Waals surface area contributed by atoms with E-state index in [1.807, 2.05) is 29.2 Å². The number of aromatic hydroxyl groups is 2. The van der Waals surface area contributed by atoms with Crippen molar-refractivity contribution in [3.05, 3.63) is 88.0 Å². The Morgan fingerprint density at radius 1 is 0.915 bits per heavy atom. The number of phenols is 2. The molecule has 11 heteroatoms. The summed E-state index contributed by atoms with van der Waals surface area (Å²) in [5.41, 5.74) is 1.32. The number of alkyl halides is 2. The van der Waals surface area contributed by atoms with Crippen molar-refractivity contribution in [3.8, 4) is 11.5 Å². The molecule has 0 saturated carbocycles. The van der Waals surface area contributed by atoms with E-state index < -0.39 is 41.2 Å². The van der Waals surface area contributed by atoms with Gasteiger partial charge in [0.2, 0.25) is 6.41 Å². The summed E-state index contributed by atoms with van der Waals surface area (Å²) in [6.45, 7) is 3.33. The highest BCUT2D eigenvalue weighted by Gasteiger charge is 2.37. The number of benzene rings is 3. The van der Waals surface area contributed by atoms with Gasteiger partial charge in [-0.25, -0.2) is 4.79 Å². The monoisotopic (exact) mass is 682 g/mol. The second-order valence-electron chi connectivity index (χ2n) is 11.5. The topological polar surface area (TPSA) is 133 Å². The lowest BCUT2D eigenvalue weighted by atomic mass is 9.81. The van der Waals surface area contributed by atoms with Gasteiger partial charge in [-0.1, -0.05) is 69.0 Å². The predicted molar refractivity (Wildman–Crippen MR) is 182 cm³/mol. The van der Waals surface area contributed by atoms with Crippen LogP contribution in [0.5, 0.6) is 11.5 Å². The van der Waals surface area contributed by atoms with Gasteiger partial charge in [0, 0.05) is 53.6 Å². The number of nitrogens with zero attached hydrogens (tertiary/aromatic N) is 1. The van der Waals surface area contributed by atoms with Gasteiger partial charge >= 0.3 is 5.97 Å². The standard InChI is InChI=1S/C36H40Cl2N2O7/c1-2-3-4-5-6-11-30(27-21-29(42)31-32(35(27)45)34(44)26-10-8-7-9-25(26)33(31)43)47-36(46)28(39-22-41)20-23-12-14-24(15-13-23)40(18-16-37)19-17-38/h7-10,12-15,21-22,28,30,42,45H,2-6,11,16-20H2,1H3,(H,39,41)/t28-,30?/m0/s1. The maximum atomic E-state index is 13.6. The third-order valence-corrected chi connectivity index (χ3v) is 8.70. The molecule has 0 radical (unpaired) electrons. The van der Waals surface area contributed by atoms with E-state index >= 15 is 0 Å². The number of phenolic OH excluding ortho intramolecular Hbond substituents is 2. The second-order valence-corrected chi connectivity index (χ2v) is 12.2. The van der Waals surface area contributed by atoms with Gasteiger partial charge in [-0.3, -0.25) is 14.4 Å². The summed E-state index contributed by atoms with van der Waals surface area (Å²) >= 11 is 11.9. The summed E-state index contributed by atoms with van der Waals surface area (Å²) in [5.74, 6) is -2.10. The molecule has 2 atom stereocenters. The molecule has 9 nitrogen and oxygen atoms in total. The fourth-order valence-corrected chi connectivity index (χ4v) is 6.31. The summed E-state index contributed by atoms with van der Waals surface area (Å²) in [5, 5.41) is 25.0. The molecule has 0 spiro atoms. The number of carbonyl (C=O) groups is 4. The zero-order valence-corrected chi connectivity index (χ0v) is 27.9. The van der Waals surface area contributed by atoms with E-state index in [1.165, 1.54) is 18.2 Å². The maximum Gasteiger partial charge on any atom is 0.329 e. The van der Waals surface area contributed by atoms with Crippen molar-refractivity contribution in [1.29, 1.82) is 0 Å². The highest BCUT2D eigenvalue weighted by molar-refractivity contribution is 6.30. The average molecular weight is 684 g/mol. The smallest absolute Gasteiger partial charge is 0.329 e. The molecule has 1 aliphatic carbocycles. The SMILES string of the molecule is CCCCCCCC(OC(=O)[C@H](Cc1ccc(N(CCCl)CCCl)cc1)NC=O)c1cc(O)c2c(c1O)C(=O)c1ccccc1C2=O. The molecule has 47 heavy (non-hydrogen) atoms. The average Bonchev–Trinajstić information content (AvgIpc) is 3.07. The lowest BCUT2D eigenvalue weighted by Crippen LogP contribution is -2.39. The molecule has 3 aromatic carbocycles. The predicted octanol–water partition coefficient (Wildman–Crippen LogP) is 6.46. The molecule has 0 heterocycles. The Morgan fingerprint density at radius 3 is 2.13 bits per heavy atom. The molecule has 1 aliphatic rings. The number of esters is 1. The molecule has 0 saturated heterocycles. The van der Waals surface area contributed by atoms with Gasteiger partial charge in [-0.2, -0.15) is 0 Å². The van der Waals surface area contributed by atoms with Crippen LogP contribution in [0, 0.1) is 0 Å². The number of ketones is 2. The number of fused-ring (bicyclic) bond motifs is 2. The van der Waals surface area contributed by atoms with E-state index in [4.69, 9.17) is 27.9 Å². The van der Waals surface area contributed by atoms with E-state index in [-0.39, 0.29) is 40.7 Å². The van der Waals surface area contributed by atoms with Gasteiger partial charge in [0.25, 0.3) is 0 Å². The fourth-order valence-electron chi connectivity index (χ4n) is 5.90. The summed E-state index contributed by atoms with van der Waals surface area (Å²) in [4.78, 5) is 54.0. The van der Waals surface area contributed by atoms with Crippen molar-refractivity contribution in [2.75, 3.05) is 29.7 Å². The van der Waals surface area contributed by atoms with Crippen LogP contribution in [0.3, 0.4) is 0 Å². The van der Waals surface area contributed by atoms with E-state index in [0.29, 0.717) is 37.7 Å². The first-order valence-electron chi connectivity index (χ1n) is 15.9. The summed E-state index contributed by atoms with van der Waals surface area (Å²) in [6, 6.07) is 13.8. The molecule has 0 aromatic heterocycles. The van der Waals surface area contributed by atoms with Gasteiger partial charge in [-0.15, -0.1) is 23.2 Å². The van der Waals surface area contributed by atoms with E-state index in [1.54, 1.807) is 12.1 Å². The number of amides is 1. The number of nitrogens with one attached hydrogen (secondary N) is 1. The van der Waals surface area contributed by atoms with Gasteiger partial charge in [-0.05, 0) is 36.6 Å². The van der Waals surface area contributed by atoms with Gasteiger partial charge in [0.05, 0.1) is 11.1 Å². The zero-order chi connectivity index (χ0) is 33.9. The highest BCUT2D eigenvalue weighted by atomic mass is 35.5. The number of halogens is 2. The number of rotatable bonds is 18. The molecular formula is C36H40Cl2N2O7. The number of carbonyl (C=O) groups excluding carboxylic acids is 4. The Labute approximate surface area is 284 Å². The van der Waals surface area contributed by atoms with Crippen molar-refractivity contribution >= 4 is 52.8 Å². The molecule has 3 N–H and O–H groups in total. The number of hydrogen-bond acceptors (Lipinski definition) is 8. The first kappa shape index (κ1) is 35.8. The van der Waals surface area contributed by atoms with Crippen LogP contribution in [-0.4, -0.2) is 65.1 Å². The molecule has 1 unspecified atom stereocenters. The van der Waals surface area contributed by atoms with Gasteiger partial charge in [0.1, 0.15) is 23.6 Å². The van der Waals surface area contributed by atoms with Crippen LogP contribution in [0.2, 0.25) is 0 Å². The van der Waals surface area contributed by atoms with Crippen LogP contribution in [-0.2, 0) is 20.7 Å². The van der Waals surface area contributed by atoms with Crippen LogP contribution in [0.15, 0.2) is 54.6 Å². The molecule has 3 aromatic rings. The van der Waals surface area contributed by atoms with Crippen LogP contribution in [0.1, 0.15) is 94.5 Å². The van der Waals surface area contributed by atoms with E-state index in [9.17, 15) is 29.4 Å². The summed E-state index contributed by atoms with van der Waals surface area (Å²) < 4.78 is 5.95. The lowest BCUT2D eigenvalue weighted by Gasteiger charge is -2.26. The molecule has 0 aliphatic heterocycles. The van der Waals surface area contributed by atoms with E-state index in [2.05, 4.69) is 12.2 Å². The van der Waals surface area contributed by atoms with Crippen LogP contribution in [0.4, 0.5) is 5.69 Å². The summed E-state index contributed by atoms with van der Waals surface area (Å²) in [6.07, 6.45) is 4.23. The Hall–Kier alpha value is -4.08. The minimum atomic E-state index is -1.07. The molecule has 0 fully saturated rings. The molecule has 0 bridgehead atoms. The molecule has 4 rings (SSSR count). The third kappa shape index (κ3) is 8.45. The molecule has 250 valence electrons. The van der Waals surface area contributed by atoms with Crippen molar-refractivity contribution in [2.45, 2.75) is 64.0 Å². The largest absolute Gasteiger partial charge is 0.507 e. The van der Waals surface area contributed by atoms with Crippen LogP contribution < -0.4 is 10.2 Å². The maximum absolute atomic E-state index is 13.6. The lowest BCUT2D eigenvalue weighted by molar-refractivity contribution is -0.153. The normalized spacial score (nSPS) is 13.3. The minimum Gasteiger partial charge on any atom is -0.507 e. The quantitative estimate of drug-likeness (QED) is 0.0358. The fraction of sp³-hybridized carbons (Fsp3) is 0.389. The number of anilines is 1. The van der Waals surface area contributed by atoms with Crippen LogP contribution >= 0.6 is 23.2 Å². The molecule has 1 amide bonds. The Morgan fingerprint density at radius 2 is 1.53 bits per heavy atom. The number of unbranched alkanes of at least 4 members (excludes halogenated alkanes) is 4. The van der Waals surface area contributed by atoms with Crippen molar-refractivity contribution in [1.82, 2.24) is 5.32 Å². The minimum absolute atomic E-state index is 0.0125. The second kappa shape index (κ2) is 17.2. The Bertz CT molecular complexity index is 1570. The first-order chi connectivity index (χ1) is 22.7. The van der Waals surface area contributed by atoms with Gasteiger partial charge in [0.15, 0.2) is 11.6 Å². The zero-order valence-electron chi connectivity index (χ0n) is 26.3. The summed E-state index contributed by atoms with van der Waals surface area (Å²) in [7, 11) is 0. The highest BCUT2D eigenvalue weighted by Crippen LogP contribution is 2.44. The number of ether oxygens (including phenoxy) is 1. The van der Waals surface area contributed by atoms with Crippen molar-refractivity contribution in [2.24, 2.45) is 0 Å². The third-order valence-electron chi connectivity index (χ3n) is 8.36. The Balaban J connectivity index is 1.62. The van der Waals surface area contributed by atoms with E-state index in [0.717, 1.165) is 36.9 Å². The van der Waals surface area contributed by atoms with Crippen molar-refractivity contribution < 1.29 is 34.1 Å². The van der Waals surface area contributed by atoms with Crippen LogP contribution in [0.25, 0.3) is 0 Å². The molecular weight excluding hydrogens is 643 g/mol. The Kier molecular flexibility index (Phi) is 13.1. The first-order valence-corrected chi connectivity index (χ1v) is 17.0. The van der Waals surface area contributed by atoms with Gasteiger partial charge < -0.3 is 25.2 Å². The van der Waals surface area contributed by atoms with Crippen molar-refractivity contribution in [3.63, 3.8) is 0 Å².